The molecule has 74 valence electrons. The van der Waals surface area contributed by atoms with Crippen LogP contribution in [0.1, 0.15) is 17.3 Å². The lowest BCUT2D eigenvalue weighted by molar-refractivity contribution is -0.109. The highest BCUT2D eigenvalue weighted by atomic mass is 16.5. The summed E-state index contributed by atoms with van der Waals surface area (Å²) in [5, 5.41) is 3.11. The SMILES string of the molecule is COc1ccc2c(n1)CCN[C@H]2C=O. The number of hydrogen-bond donors (Lipinski definition) is 1. The second-order valence-corrected chi connectivity index (χ2v) is 3.21. The molecule has 0 fully saturated rings. The molecule has 14 heavy (non-hydrogen) atoms. The van der Waals surface area contributed by atoms with Crippen molar-refractivity contribution in [2.45, 2.75) is 12.5 Å². The van der Waals surface area contributed by atoms with Gasteiger partial charge in [0.1, 0.15) is 6.29 Å². The van der Waals surface area contributed by atoms with Crippen molar-refractivity contribution in [3.8, 4) is 5.88 Å². The molecule has 2 heterocycles. The summed E-state index contributed by atoms with van der Waals surface area (Å²) in [5.74, 6) is 0.607. The van der Waals surface area contributed by atoms with Gasteiger partial charge < -0.3 is 14.8 Å². The second kappa shape index (κ2) is 3.75. The molecule has 1 aromatic heterocycles. The van der Waals surface area contributed by atoms with Crippen molar-refractivity contribution in [3.63, 3.8) is 0 Å². The van der Waals surface area contributed by atoms with E-state index in [9.17, 15) is 4.79 Å². The molecule has 0 aliphatic carbocycles. The number of carbonyl (C=O) groups excluding carboxylic acids is 1. The fourth-order valence-corrected chi connectivity index (χ4v) is 1.67. The van der Waals surface area contributed by atoms with Crippen LogP contribution in [0.3, 0.4) is 0 Å². The van der Waals surface area contributed by atoms with Gasteiger partial charge in [0.2, 0.25) is 5.88 Å². The van der Waals surface area contributed by atoms with Gasteiger partial charge >= 0.3 is 0 Å². The lowest BCUT2D eigenvalue weighted by atomic mass is 10.0. The van der Waals surface area contributed by atoms with Crippen molar-refractivity contribution in [1.29, 1.82) is 0 Å². The van der Waals surface area contributed by atoms with Gasteiger partial charge in [-0.05, 0) is 11.6 Å². The minimum atomic E-state index is -0.211. The summed E-state index contributed by atoms with van der Waals surface area (Å²) in [6.45, 7) is 0.788. The maximum atomic E-state index is 10.8. The normalized spacial score (nSPS) is 19.9. The third kappa shape index (κ3) is 1.48. The Balaban J connectivity index is 2.40. The number of aromatic nitrogens is 1. The molecule has 0 bridgehead atoms. The standard InChI is InChI=1S/C10H12N2O2/c1-14-10-3-2-7-8(12-10)4-5-11-9(7)6-13/h2-3,6,9,11H,4-5H2,1H3/t9-/m0/s1. The van der Waals surface area contributed by atoms with Crippen LogP contribution < -0.4 is 10.1 Å². The fraction of sp³-hybridized carbons (Fsp3) is 0.400. The van der Waals surface area contributed by atoms with E-state index in [0.29, 0.717) is 5.88 Å². The van der Waals surface area contributed by atoms with E-state index in [1.807, 2.05) is 6.07 Å². The fourth-order valence-electron chi connectivity index (χ4n) is 1.67. The van der Waals surface area contributed by atoms with Crippen LogP contribution in [0.2, 0.25) is 0 Å². The molecule has 0 aromatic carbocycles. The van der Waals surface area contributed by atoms with Gasteiger partial charge in [0.05, 0.1) is 18.8 Å². The zero-order valence-electron chi connectivity index (χ0n) is 7.99. The van der Waals surface area contributed by atoms with E-state index in [1.165, 1.54) is 0 Å². The zero-order valence-corrected chi connectivity index (χ0v) is 7.99. The molecule has 0 unspecified atom stereocenters. The molecule has 1 aliphatic heterocycles. The van der Waals surface area contributed by atoms with Crippen molar-refractivity contribution in [3.05, 3.63) is 23.4 Å². The zero-order chi connectivity index (χ0) is 9.97. The topological polar surface area (TPSA) is 51.2 Å². The second-order valence-electron chi connectivity index (χ2n) is 3.21. The summed E-state index contributed by atoms with van der Waals surface area (Å²) in [4.78, 5) is 15.1. The number of methoxy groups -OCH3 is 1. The number of rotatable bonds is 2. The Morgan fingerprint density at radius 3 is 3.21 bits per heavy atom. The molecule has 2 rings (SSSR count). The van der Waals surface area contributed by atoms with Crippen molar-refractivity contribution < 1.29 is 9.53 Å². The number of aldehydes is 1. The molecule has 0 spiro atoms. The first kappa shape index (κ1) is 9.15. The minimum absolute atomic E-state index is 0.211. The Kier molecular flexibility index (Phi) is 2.45. The molecular formula is C10H12N2O2. The molecule has 0 radical (unpaired) electrons. The molecule has 4 heteroatoms. The first-order valence-electron chi connectivity index (χ1n) is 4.57. The van der Waals surface area contributed by atoms with Crippen LogP contribution in [-0.4, -0.2) is 24.9 Å². The summed E-state index contributed by atoms with van der Waals surface area (Å²) in [7, 11) is 1.59. The van der Waals surface area contributed by atoms with Gasteiger partial charge in [-0.3, -0.25) is 0 Å². The maximum absolute atomic E-state index is 10.8. The Morgan fingerprint density at radius 2 is 2.50 bits per heavy atom. The van der Waals surface area contributed by atoms with Crippen LogP contribution in [-0.2, 0) is 11.2 Å². The minimum Gasteiger partial charge on any atom is -0.481 e. The Bertz CT molecular complexity index is 352. The smallest absolute Gasteiger partial charge is 0.213 e. The van der Waals surface area contributed by atoms with Crippen LogP contribution >= 0.6 is 0 Å². The third-order valence-electron chi connectivity index (χ3n) is 2.39. The first-order valence-corrected chi connectivity index (χ1v) is 4.57. The average Bonchev–Trinajstić information content (AvgIpc) is 2.27. The van der Waals surface area contributed by atoms with E-state index in [4.69, 9.17) is 4.74 Å². The average molecular weight is 192 g/mol. The number of ether oxygens (including phenoxy) is 1. The molecule has 1 N–H and O–H groups in total. The molecule has 0 saturated heterocycles. The maximum Gasteiger partial charge on any atom is 0.213 e. The van der Waals surface area contributed by atoms with E-state index in [-0.39, 0.29) is 6.04 Å². The van der Waals surface area contributed by atoms with Gasteiger partial charge in [0.15, 0.2) is 0 Å². The number of carbonyl (C=O) groups is 1. The van der Waals surface area contributed by atoms with Crippen LogP contribution in [0.25, 0.3) is 0 Å². The quantitative estimate of drug-likeness (QED) is 0.692. The summed E-state index contributed by atoms with van der Waals surface area (Å²) < 4.78 is 5.03. The van der Waals surface area contributed by atoms with Gasteiger partial charge in [-0.1, -0.05) is 0 Å². The van der Waals surface area contributed by atoms with E-state index in [0.717, 1.165) is 30.5 Å². The molecule has 1 atom stereocenters. The van der Waals surface area contributed by atoms with Gasteiger partial charge in [-0.15, -0.1) is 0 Å². The first-order chi connectivity index (χ1) is 6.85. The Hall–Kier alpha value is -1.42. The van der Waals surface area contributed by atoms with Crippen molar-refractivity contribution in [2.75, 3.05) is 13.7 Å². The highest BCUT2D eigenvalue weighted by molar-refractivity contribution is 5.63. The number of fused-ring (bicyclic) bond motifs is 1. The Labute approximate surface area is 82.3 Å². The predicted octanol–water partition coefficient (Wildman–Crippen LogP) is 0.476. The van der Waals surface area contributed by atoms with Gasteiger partial charge in [0.25, 0.3) is 0 Å². The van der Waals surface area contributed by atoms with Crippen LogP contribution in [0.15, 0.2) is 12.1 Å². The number of hydrogen-bond acceptors (Lipinski definition) is 4. The number of nitrogens with one attached hydrogen (secondary N) is 1. The van der Waals surface area contributed by atoms with E-state index < -0.39 is 0 Å². The van der Waals surface area contributed by atoms with Crippen LogP contribution in [0.5, 0.6) is 5.88 Å². The van der Waals surface area contributed by atoms with E-state index in [2.05, 4.69) is 10.3 Å². The summed E-state index contributed by atoms with van der Waals surface area (Å²) in [6.07, 6.45) is 1.75. The van der Waals surface area contributed by atoms with Gasteiger partial charge in [0, 0.05) is 19.0 Å². The highest BCUT2D eigenvalue weighted by Gasteiger charge is 2.20. The summed E-state index contributed by atoms with van der Waals surface area (Å²) >= 11 is 0. The van der Waals surface area contributed by atoms with Crippen molar-refractivity contribution >= 4 is 6.29 Å². The van der Waals surface area contributed by atoms with Crippen LogP contribution in [0, 0.1) is 0 Å². The van der Waals surface area contributed by atoms with Crippen molar-refractivity contribution in [1.82, 2.24) is 10.3 Å². The van der Waals surface area contributed by atoms with Crippen molar-refractivity contribution in [2.24, 2.45) is 0 Å². The van der Waals surface area contributed by atoms with E-state index >= 15 is 0 Å². The summed E-state index contributed by atoms with van der Waals surface area (Å²) in [6, 6.07) is 3.46. The largest absolute Gasteiger partial charge is 0.481 e. The summed E-state index contributed by atoms with van der Waals surface area (Å²) in [5.41, 5.74) is 1.92. The van der Waals surface area contributed by atoms with Crippen LogP contribution in [0.4, 0.5) is 0 Å². The molecule has 0 amide bonds. The third-order valence-corrected chi connectivity index (χ3v) is 2.39. The van der Waals surface area contributed by atoms with E-state index in [1.54, 1.807) is 13.2 Å². The molecular weight excluding hydrogens is 180 g/mol. The van der Waals surface area contributed by atoms with Gasteiger partial charge in [-0.2, -0.15) is 0 Å². The lowest BCUT2D eigenvalue weighted by Crippen LogP contribution is -2.31. The Morgan fingerprint density at radius 1 is 1.64 bits per heavy atom. The number of pyridine rings is 1. The lowest BCUT2D eigenvalue weighted by Gasteiger charge is -2.21. The molecule has 1 aliphatic rings. The molecule has 4 nitrogen and oxygen atoms in total. The van der Waals surface area contributed by atoms with Gasteiger partial charge in [-0.25, -0.2) is 4.98 Å². The predicted molar refractivity (Wildman–Crippen MR) is 51.3 cm³/mol. The monoisotopic (exact) mass is 192 g/mol. The molecule has 0 saturated carbocycles. The highest BCUT2D eigenvalue weighted by Crippen LogP contribution is 2.22. The molecule has 1 aromatic rings. The number of nitrogens with zero attached hydrogens (tertiary/aromatic N) is 1.